The van der Waals surface area contributed by atoms with Gasteiger partial charge in [-0.05, 0) is 28.7 Å². The molecule has 0 saturated heterocycles. The zero-order valence-corrected chi connectivity index (χ0v) is 32.0. The lowest BCUT2D eigenvalue weighted by Crippen LogP contribution is -2.27. The van der Waals surface area contributed by atoms with Crippen molar-refractivity contribution in [2.45, 2.75) is 12.3 Å². The standard InChI is InChI=1S/C38H58BrNO12/c39-10-13-43-15-17-45-19-21-47-23-25-49-27-29-51-31-30-50-28-26-48-24-22-46-20-18-44-16-14-42-12-5-11-40-38(41)52-32-37-35-8-3-1-6-33(35)34-7-2-4-9-36(34)37/h1-4,6-9,37H,5,10-32H2,(H,40,41). The van der Waals surface area contributed by atoms with E-state index >= 15 is 0 Å². The van der Waals surface area contributed by atoms with Gasteiger partial charge in [-0.1, -0.05) is 64.5 Å². The Morgan fingerprint density at radius 1 is 0.481 bits per heavy atom. The van der Waals surface area contributed by atoms with Crippen LogP contribution in [0.15, 0.2) is 48.5 Å². The van der Waals surface area contributed by atoms with E-state index in [4.69, 9.17) is 52.1 Å². The highest BCUT2D eigenvalue weighted by atomic mass is 79.9. The van der Waals surface area contributed by atoms with Crippen LogP contribution in [-0.4, -0.2) is 157 Å². The molecule has 294 valence electrons. The van der Waals surface area contributed by atoms with Gasteiger partial charge in [0.15, 0.2) is 0 Å². The van der Waals surface area contributed by atoms with Gasteiger partial charge in [0, 0.05) is 24.4 Å². The van der Waals surface area contributed by atoms with Crippen molar-refractivity contribution in [3.05, 3.63) is 59.7 Å². The van der Waals surface area contributed by atoms with Gasteiger partial charge in [-0.25, -0.2) is 4.79 Å². The quantitative estimate of drug-likeness (QED) is 0.0780. The Morgan fingerprint density at radius 2 is 0.808 bits per heavy atom. The van der Waals surface area contributed by atoms with Crippen molar-refractivity contribution < 1.29 is 56.9 Å². The van der Waals surface area contributed by atoms with Crippen molar-refractivity contribution in [1.29, 1.82) is 0 Å². The van der Waals surface area contributed by atoms with E-state index in [1.54, 1.807) is 0 Å². The smallest absolute Gasteiger partial charge is 0.407 e. The SMILES string of the molecule is O=C(NCCCOCCOCCOCCOCCOCCOCCOCCOCCOCCOCCBr)OCC1c2ccccc2-c2ccccc21. The van der Waals surface area contributed by atoms with E-state index < -0.39 is 6.09 Å². The molecule has 0 radical (unpaired) electrons. The molecule has 1 aliphatic carbocycles. The number of alkyl halides is 1. The van der Waals surface area contributed by atoms with E-state index in [9.17, 15) is 4.79 Å². The molecule has 14 heteroatoms. The molecule has 1 aliphatic rings. The summed E-state index contributed by atoms with van der Waals surface area (Å²) in [5, 5.41) is 3.64. The molecule has 3 rings (SSSR count). The van der Waals surface area contributed by atoms with E-state index in [-0.39, 0.29) is 5.92 Å². The maximum Gasteiger partial charge on any atom is 0.407 e. The molecule has 52 heavy (non-hydrogen) atoms. The Kier molecular flexibility index (Phi) is 26.5. The number of nitrogens with one attached hydrogen (secondary N) is 1. The molecule has 0 unspecified atom stereocenters. The second-order valence-corrected chi connectivity index (χ2v) is 12.2. The molecule has 2 aromatic rings. The van der Waals surface area contributed by atoms with E-state index in [0.717, 1.165) is 5.33 Å². The molecule has 0 atom stereocenters. The van der Waals surface area contributed by atoms with Crippen LogP contribution < -0.4 is 5.32 Å². The monoisotopic (exact) mass is 799 g/mol. The number of carbonyl (C=O) groups excluding carboxylic acids is 1. The molecule has 2 aromatic carbocycles. The summed E-state index contributed by atoms with van der Waals surface area (Å²) in [6.45, 7) is 11.3. The average Bonchev–Trinajstić information content (AvgIpc) is 3.49. The Morgan fingerprint density at radius 3 is 1.17 bits per heavy atom. The average molecular weight is 801 g/mol. The van der Waals surface area contributed by atoms with Crippen LogP contribution in [0.2, 0.25) is 0 Å². The summed E-state index contributed by atoms with van der Waals surface area (Å²) in [5.74, 6) is 0.0511. The lowest BCUT2D eigenvalue weighted by molar-refractivity contribution is -0.0262. The van der Waals surface area contributed by atoms with Gasteiger partial charge in [0.05, 0.1) is 126 Å². The number of carbonyl (C=O) groups is 1. The number of halogens is 1. The number of benzene rings is 2. The third-order valence-electron chi connectivity index (χ3n) is 7.65. The van der Waals surface area contributed by atoms with Gasteiger partial charge >= 0.3 is 6.09 Å². The number of hydrogen-bond acceptors (Lipinski definition) is 12. The maximum absolute atomic E-state index is 12.3. The Hall–Kier alpha value is -2.21. The second-order valence-electron chi connectivity index (χ2n) is 11.4. The highest BCUT2D eigenvalue weighted by molar-refractivity contribution is 9.09. The van der Waals surface area contributed by atoms with Crippen molar-refractivity contribution >= 4 is 22.0 Å². The highest BCUT2D eigenvalue weighted by Gasteiger charge is 2.28. The summed E-state index contributed by atoms with van der Waals surface area (Å²) in [7, 11) is 0. The molecule has 0 fully saturated rings. The van der Waals surface area contributed by atoms with Crippen LogP contribution in [0.1, 0.15) is 23.5 Å². The Bertz CT molecular complexity index is 1120. The van der Waals surface area contributed by atoms with Gasteiger partial charge in [0.2, 0.25) is 0 Å². The predicted octanol–water partition coefficient (Wildman–Crippen LogP) is 4.48. The third kappa shape index (κ3) is 20.3. The van der Waals surface area contributed by atoms with E-state index in [2.05, 4.69) is 45.5 Å². The highest BCUT2D eigenvalue weighted by Crippen LogP contribution is 2.44. The molecule has 0 spiro atoms. The normalized spacial score (nSPS) is 12.2. The van der Waals surface area contributed by atoms with E-state index in [1.807, 2.05) is 24.3 Å². The number of amides is 1. The largest absolute Gasteiger partial charge is 0.449 e. The fourth-order valence-corrected chi connectivity index (χ4v) is 5.38. The molecule has 1 amide bonds. The topological polar surface area (TPSA) is 131 Å². The molecular weight excluding hydrogens is 742 g/mol. The minimum Gasteiger partial charge on any atom is -0.449 e. The minimum atomic E-state index is -0.414. The minimum absolute atomic E-state index is 0.0511. The first kappa shape index (κ1) is 44.2. The van der Waals surface area contributed by atoms with Crippen LogP contribution in [0.4, 0.5) is 4.79 Å². The van der Waals surface area contributed by atoms with Crippen LogP contribution in [0.5, 0.6) is 0 Å². The van der Waals surface area contributed by atoms with Crippen LogP contribution in [0, 0.1) is 0 Å². The number of hydrogen-bond donors (Lipinski definition) is 1. The summed E-state index contributed by atoms with van der Waals surface area (Å²) in [6.07, 6.45) is 0.273. The van der Waals surface area contributed by atoms with Gasteiger partial charge < -0.3 is 57.4 Å². The molecule has 0 saturated carbocycles. The molecular formula is C38H58BrNO12. The molecule has 0 aromatic heterocycles. The summed E-state index contributed by atoms with van der Waals surface area (Å²) in [5.41, 5.74) is 4.81. The third-order valence-corrected chi connectivity index (χ3v) is 7.97. The summed E-state index contributed by atoms with van der Waals surface area (Å²) < 4.78 is 60.2. The van der Waals surface area contributed by atoms with Gasteiger partial charge in [0.25, 0.3) is 0 Å². The van der Waals surface area contributed by atoms with Crippen molar-refractivity contribution in [1.82, 2.24) is 5.32 Å². The first-order chi connectivity index (χ1) is 25.8. The molecule has 0 heterocycles. The van der Waals surface area contributed by atoms with Crippen LogP contribution in [0.25, 0.3) is 11.1 Å². The molecule has 0 aliphatic heterocycles. The van der Waals surface area contributed by atoms with Crippen LogP contribution in [0.3, 0.4) is 0 Å². The van der Waals surface area contributed by atoms with Crippen molar-refractivity contribution in [3.63, 3.8) is 0 Å². The number of rotatable bonds is 35. The number of ether oxygens (including phenoxy) is 11. The van der Waals surface area contributed by atoms with Gasteiger partial charge in [0.1, 0.15) is 6.61 Å². The summed E-state index contributed by atoms with van der Waals surface area (Å²) in [4.78, 5) is 12.3. The van der Waals surface area contributed by atoms with Gasteiger partial charge in [-0.2, -0.15) is 0 Å². The number of fused-ring (bicyclic) bond motifs is 3. The Balaban J connectivity index is 0.958. The zero-order chi connectivity index (χ0) is 36.6. The first-order valence-corrected chi connectivity index (χ1v) is 19.4. The second kappa shape index (κ2) is 31.2. The van der Waals surface area contributed by atoms with Crippen molar-refractivity contribution in [2.75, 3.05) is 151 Å². The lowest BCUT2D eigenvalue weighted by Gasteiger charge is -2.14. The first-order valence-electron chi connectivity index (χ1n) is 18.2. The maximum atomic E-state index is 12.3. The van der Waals surface area contributed by atoms with Crippen LogP contribution in [-0.2, 0) is 52.1 Å². The van der Waals surface area contributed by atoms with E-state index in [1.165, 1.54) is 22.3 Å². The lowest BCUT2D eigenvalue weighted by atomic mass is 9.98. The molecule has 0 bridgehead atoms. The predicted molar refractivity (Wildman–Crippen MR) is 200 cm³/mol. The number of alkyl carbamates (subject to hydrolysis) is 1. The Labute approximate surface area is 317 Å². The fraction of sp³-hybridized carbons (Fsp3) is 0.658. The van der Waals surface area contributed by atoms with Crippen molar-refractivity contribution in [3.8, 4) is 11.1 Å². The zero-order valence-electron chi connectivity index (χ0n) is 30.4. The summed E-state index contributed by atoms with van der Waals surface area (Å²) >= 11 is 3.30. The summed E-state index contributed by atoms with van der Waals surface area (Å²) in [6, 6.07) is 16.6. The molecule has 1 N–H and O–H groups in total. The fourth-order valence-electron chi connectivity index (χ4n) is 5.15. The van der Waals surface area contributed by atoms with Crippen molar-refractivity contribution in [2.24, 2.45) is 0 Å². The molecule has 13 nitrogen and oxygen atoms in total. The van der Waals surface area contributed by atoms with Gasteiger partial charge in [-0.15, -0.1) is 0 Å². The van der Waals surface area contributed by atoms with E-state index in [0.29, 0.717) is 152 Å². The van der Waals surface area contributed by atoms with Gasteiger partial charge in [-0.3, -0.25) is 0 Å². The van der Waals surface area contributed by atoms with Crippen LogP contribution >= 0.6 is 15.9 Å².